The number of amides is 1. The van der Waals surface area contributed by atoms with Gasteiger partial charge in [-0.1, -0.05) is 26.8 Å². The minimum atomic E-state index is -4.60. The molecule has 19 heteroatoms. The number of allylic oxidation sites excluding steroid dienone is 3. The molecule has 0 radical (unpaired) electrons. The van der Waals surface area contributed by atoms with Crippen LogP contribution in [0.3, 0.4) is 0 Å². The van der Waals surface area contributed by atoms with Crippen LogP contribution < -0.4 is 26.1 Å². The standard InChI is InChI=1S/C38H52N4O12S3/c1-37(2,3)31-25-28(54-34-24-27(13-15-30(31)34)41(20-21-53-5)18-8-22-55(44,45)46)10-6-11-35-38(4,17-7-12-36(43)40-39)32-26-29(57(50,51)52)14-16-33(32)42(35)19-9-23-56(47,48)49/h6,10-11,13-16,24-26H,7-9,12,17-23,39H2,1-5H3,(H3-,40,43,44,45,46,47,48,49,50,51,52)/p+1. The van der Waals surface area contributed by atoms with E-state index in [0.717, 1.165) is 16.5 Å². The van der Waals surface area contributed by atoms with E-state index in [1.165, 1.54) is 18.2 Å². The highest BCUT2D eigenvalue weighted by atomic mass is 32.2. The van der Waals surface area contributed by atoms with Gasteiger partial charge in [0, 0.05) is 54.9 Å². The fraction of sp³-hybridized carbons (Fsp3) is 0.474. The van der Waals surface area contributed by atoms with Crippen molar-refractivity contribution in [2.24, 2.45) is 5.84 Å². The predicted molar refractivity (Wildman–Crippen MR) is 217 cm³/mol. The van der Waals surface area contributed by atoms with Gasteiger partial charge < -0.3 is 14.1 Å². The molecular formula is C38H53N4O12S3+. The molecule has 0 bridgehead atoms. The number of hydrogen-bond acceptors (Lipinski definition) is 11. The first-order valence-electron chi connectivity index (χ1n) is 18.3. The summed E-state index contributed by atoms with van der Waals surface area (Å²) in [6.45, 7) is 9.37. The van der Waals surface area contributed by atoms with E-state index in [1.54, 1.807) is 25.3 Å². The highest BCUT2D eigenvalue weighted by Gasteiger charge is 2.43. The Labute approximate surface area is 334 Å². The largest absolute Gasteiger partial charge is 0.456 e. The molecule has 0 saturated carbocycles. The third kappa shape index (κ3) is 12.3. The van der Waals surface area contributed by atoms with Crippen molar-refractivity contribution in [1.29, 1.82) is 0 Å². The molecule has 0 saturated heterocycles. The fourth-order valence-electron chi connectivity index (χ4n) is 7.11. The summed E-state index contributed by atoms with van der Waals surface area (Å²) in [6, 6.07) is 11.8. The van der Waals surface area contributed by atoms with E-state index in [-0.39, 0.29) is 41.9 Å². The number of benzene rings is 2. The summed E-state index contributed by atoms with van der Waals surface area (Å²) in [5.41, 5.74) is 4.43. The van der Waals surface area contributed by atoms with E-state index >= 15 is 0 Å². The summed E-state index contributed by atoms with van der Waals surface area (Å²) < 4.78 is 113. The van der Waals surface area contributed by atoms with Crippen LogP contribution >= 0.6 is 0 Å². The zero-order valence-electron chi connectivity index (χ0n) is 32.8. The lowest BCUT2D eigenvalue weighted by Crippen LogP contribution is -2.34. The maximum absolute atomic E-state index is 12.2. The van der Waals surface area contributed by atoms with E-state index in [1.807, 2.05) is 40.7 Å². The molecule has 1 unspecified atom stereocenters. The zero-order valence-corrected chi connectivity index (χ0v) is 35.2. The Hall–Kier alpha value is -3.95. The van der Waals surface area contributed by atoms with Gasteiger partial charge >= 0.3 is 0 Å². The molecule has 1 aromatic carbocycles. The molecule has 314 valence electrons. The number of nitrogens with one attached hydrogen (secondary N) is 1. The highest BCUT2D eigenvalue weighted by Crippen LogP contribution is 2.51. The topological polar surface area (TPSA) is 247 Å². The number of nitrogens with two attached hydrogens (primary N) is 1. The van der Waals surface area contributed by atoms with Crippen molar-refractivity contribution in [2.45, 2.75) is 75.5 Å². The average molecular weight is 854 g/mol. The fourth-order valence-corrected chi connectivity index (χ4v) is 8.61. The van der Waals surface area contributed by atoms with Gasteiger partial charge in [-0.3, -0.25) is 23.9 Å². The van der Waals surface area contributed by atoms with Gasteiger partial charge in [0.1, 0.15) is 24.7 Å². The molecule has 3 aliphatic rings. The molecular weight excluding hydrogens is 801 g/mol. The van der Waals surface area contributed by atoms with Crippen LogP contribution in [0.15, 0.2) is 69.6 Å². The van der Waals surface area contributed by atoms with Gasteiger partial charge in [-0.2, -0.15) is 25.3 Å². The van der Waals surface area contributed by atoms with E-state index in [0.29, 0.717) is 61.0 Å². The Kier molecular flexibility index (Phi) is 14.7. The first kappa shape index (κ1) is 45.7. The minimum absolute atomic E-state index is 0.0273. The lowest BCUT2D eigenvalue weighted by molar-refractivity contribution is -0.121. The third-order valence-electron chi connectivity index (χ3n) is 9.89. The number of hydrogen-bond donors (Lipinski definition) is 5. The molecule has 1 aromatic rings. The number of carbonyl (C=O) groups excluding carboxylic acids is 1. The number of carbonyl (C=O) groups is 1. The summed E-state index contributed by atoms with van der Waals surface area (Å²) >= 11 is 0. The average Bonchev–Trinajstić information content (AvgIpc) is 3.33. The van der Waals surface area contributed by atoms with Crippen molar-refractivity contribution in [1.82, 2.24) is 10.0 Å². The molecule has 1 amide bonds. The van der Waals surface area contributed by atoms with Crippen molar-refractivity contribution in [2.75, 3.05) is 49.8 Å². The Morgan fingerprint density at radius 2 is 1.65 bits per heavy atom. The van der Waals surface area contributed by atoms with E-state index in [2.05, 4.69) is 26.2 Å². The minimum Gasteiger partial charge on any atom is -0.456 e. The molecule has 0 fully saturated rings. The number of hydrazine groups is 1. The number of nitrogens with zero attached hydrogens (tertiary/aromatic N) is 2. The predicted octanol–water partition coefficient (Wildman–Crippen LogP) is 3.74. The Balaban J connectivity index is 1.88. The van der Waals surface area contributed by atoms with Gasteiger partial charge in [-0.15, -0.1) is 0 Å². The maximum Gasteiger partial charge on any atom is 0.294 e. The van der Waals surface area contributed by atoms with Crippen molar-refractivity contribution in [3.05, 3.63) is 82.6 Å². The van der Waals surface area contributed by atoms with Crippen LogP contribution in [0.25, 0.3) is 17.4 Å². The lowest BCUT2D eigenvalue weighted by Gasteiger charge is -2.30. The molecule has 1 aliphatic carbocycles. The lowest BCUT2D eigenvalue weighted by atomic mass is 9.77. The molecule has 0 aromatic heterocycles. The van der Waals surface area contributed by atoms with Crippen LogP contribution in [0.1, 0.15) is 76.7 Å². The summed E-state index contributed by atoms with van der Waals surface area (Å²) in [5.74, 6) is 5.06. The van der Waals surface area contributed by atoms with Crippen LogP contribution in [-0.2, 0) is 50.7 Å². The molecule has 6 N–H and O–H groups in total. The van der Waals surface area contributed by atoms with Gasteiger partial charge in [-0.05, 0) is 85.2 Å². The van der Waals surface area contributed by atoms with Gasteiger partial charge in [0.15, 0.2) is 6.54 Å². The van der Waals surface area contributed by atoms with Crippen LogP contribution in [0, 0.1) is 0 Å². The van der Waals surface area contributed by atoms with Crippen LogP contribution in [0.2, 0.25) is 0 Å². The van der Waals surface area contributed by atoms with Gasteiger partial charge in [-0.25, -0.2) is 10.4 Å². The number of anilines is 1. The highest BCUT2D eigenvalue weighted by molar-refractivity contribution is 7.86. The van der Waals surface area contributed by atoms with Crippen molar-refractivity contribution < 1.29 is 52.9 Å². The smallest absolute Gasteiger partial charge is 0.294 e. The van der Waals surface area contributed by atoms with Crippen molar-refractivity contribution in [3.8, 4) is 11.3 Å². The summed E-state index contributed by atoms with van der Waals surface area (Å²) in [5, 5.41) is 0.759. The molecule has 4 rings (SSSR count). The maximum atomic E-state index is 12.2. The number of methoxy groups -OCH3 is 1. The molecule has 2 aliphatic heterocycles. The summed E-state index contributed by atoms with van der Waals surface area (Å²) in [6.07, 6.45) is 6.28. The van der Waals surface area contributed by atoms with Crippen molar-refractivity contribution >= 4 is 48.0 Å². The molecule has 0 spiro atoms. The second kappa shape index (κ2) is 18.3. The number of ether oxygens (including phenoxy) is 1. The third-order valence-corrected chi connectivity index (χ3v) is 12.3. The molecule has 57 heavy (non-hydrogen) atoms. The summed E-state index contributed by atoms with van der Waals surface area (Å²) in [7, 11) is -11.5. The first-order valence-corrected chi connectivity index (χ1v) is 23.0. The van der Waals surface area contributed by atoms with E-state index < -0.39 is 47.4 Å². The van der Waals surface area contributed by atoms with Crippen LogP contribution in [0.4, 0.5) is 5.69 Å². The molecule has 16 nitrogen and oxygen atoms in total. The van der Waals surface area contributed by atoms with Crippen LogP contribution in [0.5, 0.6) is 0 Å². The molecule has 1 atom stereocenters. The number of fused-ring (bicyclic) bond motifs is 2. The molecule has 2 heterocycles. The van der Waals surface area contributed by atoms with Crippen LogP contribution in [-0.4, -0.2) is 89.7 Å². The quantitative estimate of drug-likeness (QED) is 0.0403. The SMILES string of the molecule is COCC[N+](CCCS(=O)(=O)O)=c1ccc2c(C(C)(C)C)cc(C=CC=C3N(CCCS(=O)(=O)O)c4ccc(S(=O)(=O)O)cc4C3(C)CCCC(=O)NN)oc-2c1. The Morgan fingerprint density at radius 3 is 2.26 bits per heavy atom. The second-order valence-electron chi connectivity index (χ2n) is 15.2. The van der Waals surface area contributed by atoms with Gasteiger partial charge in [0.2, 0.25) is 11.3 Å². The second-order valence-corrected chi connectivity index (χ2v) is 19.8. The van der Waals surface area contributed by atoms with E-state index in [9.17, 15) is 43.7 Å². The van der Waals surface area contributed by atoms with Crippen molar-refractivity contribution in [3.63, 3.8) is 0 Å². The normalized spacial score (nSPS) is 17.8. The monoisotopic (exact) mass is 853 g/mol. The summed E-state index contributed by atoms with van der Waals surface area (Å²) in [4.78, 5) is 13.6. The zero-order chi connectivity index (χ0) is 42.4. The first-order chi connectivity index (χ1) is 26.5. The Morgan fingerprint density at radius 1 is 0.965 bits per heavy atom. The van der Waals surface area contributed by atoms with E-state index in [4.69, 9.17) is 15.0 Å². The Bertz CT molecular complexity index is 2380. The number of rotatable bonds is 18. The van der Waals surface area contributed by atoms with Gasteiger partial charge in [0.05, 0.1) is 22.5 Å². The van der Waals surface area contributed by atoms with Gasteiger partial charge in [0.25, 0.3) is 30.4 Å².